The van der Waals surface area contributed by atoms with Gasteiger partial charge in [-0.15, -0.1) is 0 Å². The highest BCUT2D eigenvalue weighted by atomic mass is 79.9. The van der Waals surface area contributed by atoms with Gasteiger partial charge in [0.2, 0.25) is 0 Å². The van der Waals surface area contributed by atoms with Crippen LogP contribution in [0.15, 0.2) is 91.8 Å². The summed E-state index contributed by atoms with van der Waals surface area (Å²) < 4.78 is 1.73. The molecular weight excluding hydrogens is 520 g/mol. The molecule has 154 valence electrons. The molecule has 4 aromatic rings. The largest absolute Gasteiger partial charge is 0.508 e. The van der Waals surface area contributed by atoms with E-state index in [0.717, 1.165) is 36.7 Å². The molecule has 1 heterocycles. The van der Waals surface area contributed by atoms with E-state index in [9.17, 15) is 5.11 Å². The van der Waals surface area contributed by atoms with E-state index in [2.05, 4.69) is 42.4 Å². The maximum Gasteiger partial charge on any atom is 0.173 e. The highest BCUT2D eigenvalue weighted by Gasteiger charge is 2.11. The second kappa shape index (κ2) is 9.41. The summed E-state index contributed by atoms with van der Waals surface area (Å²) in [6.45, 7) is 2.02. The maximum atomic E-state index is 9.44. The number of aromatic nitrogens is 1. The van der Waals surface area contributed by atoms with Gasteiger partial charge in [-0.3, -0.25) is 5.43 Å². The van der Waals surface area contributed by atoms with E-state index in [-0.39, 0.29) is 5.75 Å². The predicted molar refractivity (Wildman–Crippen MR) is 133 cm³/mol. The molecule has 4 rings (SSSR count). The van der Waals surface area contributed by atoms with Crippen LogP contribution in [0.1, 0.15) is 16.8 Å². The summed E-state index contributed by atoms with van der Waals surface area (Å²) in [6, 6.07) is 22.7. The lowest BCUT2D eigenvalue weighted by Gasteiger charge is -2.10. The number of hydrogen-bond acceptors (Lipinski definition) is 4. The third-order valence-corrected chi connectivity index (χ3v) is 5.71. The monoisotopic (exact) mass is 536 g/mol. The van der Waals surface area contributed by atoms with Gasteiger partial charge in [-0.1, -0.05) is 24.3 Å². The van der Waals surface area contributed by atoms with Gasteiger partial charge in [0.25, 0.3) is 0 Å². The molecule has 3 aromatic carbocycles. The Balaban J connectivity index is 1.75. The summed E-state index contributed by atoms with van der Waals surface area (Å²) in [5.41, 5.74) is 7.27. The summed E-state index contributed by atoms with van der Waals surface area (Å²) in [7, 11) is 0. The van der Waals surface area contributed by atoms with Crippen molar-refractivity contribution in [3.05, 3.63) is 98.6 Å². The summed E-state index contributed by atoms with van der Waals surface area (Å²) >= 11 is 7.21. The van der Waals surface area contributed by atoms with E-state index >= 15 is 0 Å². The van der Waals surface area contributed by atoms with Crippen molar-refractivity contribution in [1.29, 1.82) is 0 Å². The van der Waals surface area contributed by atoms with Crippen molar-refractivity contribution in [1.82, 2.24) is 10.4 Å². The van der Waals surface area contributed by atoms with Crippen molar-refractivity contribution in [2.45, 2.75) is 6.92 Å². The Morgan fingerprint density at radius 1 is 0.968 bits per heavy atom. The molecule has 0 aliphatic heterocycles. The molecule has 31 heavy (non-hydrogen) atoms. The zero-order valence-electron chi connectivity index (χ0n) is 16.6. The average molecular weight is 538 g/mol. The molecule has 0 aliphatic rings. The first-order valence-corrected chi connectivity index (χ1v) is 11.1. The fourth-order valence-electron chi connectivity index (χ4n) is 2.98. The number of fused-ring (bicyclic) bond motifs is 1. The molecule has 0 radical (unpaired) electrons. The van der Waals surface area contributed by atoms with Crippen LogP contribution in [0.4, 0.5) is 5.69 Å². The molecule has 7 heteroatoms. The Morgan fingerprint density at radius 3 is 2.42 bits per heavy atom. The third-order valence-electron chi connectivity index (χ3n) is 4.50. The lowest BCUT2D eigenvalue weighted by Crippen LogP contribution is -2.20. The van der Waals surface area contributed by atoms with Crippen molar-refractivity contribution in [3.63, 3.8) is 0 Å². The number of phenols is 1. The Bertz CT molecular complexity index is 1280. The number of rotatable bonds is 4. The van der Waals surface area contributed by atoms with E-state index < -0.39 is 0 Å². The quantitative estimate of drug-likeness (QED) is 0.178. The molecule has 0 atom stereocenters. The van der Waals surface area contributed by atoms with Gasteiger partial charge in [-0.2, -0.15) is 5.10 Å². The fraction of sp³-hybridized carbons (Fsp3) is 0.0417. The van der Waals surface area contributed by atoms with Crippen LogP contribution in [0.3, 0.4) is 0 Å². The summed E-state index contributed by atoms with van der Waals surface area (Å²) in [5.74, 6) is 0.716. The molecule has 0 aliphatic carbocycles. The first-order valence-electron chi connectivity index (χ1n) is 9.48. The highest BCUT2D eigenvalue weighted by molar-refractivity contribution is 9.11. The predicted octanol–water partition coefficient (Wildman–Crippen LogP) is 6.48. The van der Waals surface area contributed by atoms with Crippen LogP contribution in [0.25, 0.3) is 10.9 Å². The normalized spacial score (nSPS) is 11.9. The van der Waals surface area contributed by atoms with Crippen LogP contribution in [0.5, 0.6) is 5.75 Å². The molecule has 1 aromatic heterocycles. The van der Waals surface area contributed by atoms with E-state index in [1.54, 1.807) is 30.5 Å². The number of aromatic hydroxyl groups is 1. The summed E-state index contributed by atoms with van der Waals surface area (Å²) in [5, 5.41) is 14.8. The number of nitrogens with zero attached hydrogens (tertiary/aromatic N) is 3. The van der Waals surface area contributed by atoms with Crippen molar-refractivity contribution < 1.29 is 5.11 Å². The molecule has 0 amide bonds. The second-order valence-electron chi connectivity index (χ2n) is 6.89. The van der Waals surface area contributed by atoms with Crippen molar-refractivity contribution >= 4 is 60.5 Å². The minimum Gasteiger partial charge on any atom is -0.508 e. The molecule has 0 unspecified atom stereocenters. The first kappa shape index (κ1) is 21.2. The lowest BCUT2D eigenvalue weighted by molar-refractivity contribution is 0.475. The Morgan fingerprint density at radius 2 is 1.68 bits per heavy atom. The minimum absolute atomic E-state index is 0.210. The number of para-hydroxylation sites is 1. The number of benzene rings is 3. The van der Waals surface area contributed by atoms with Crippen LogP contribution in [-0.2, 0) is 0 Å². The summed E-state index contributed by atoms with van der Waals surface area (Å²) in [4.78, 5) is 9.57. The first-order chi connectivity index (χ1) is 15.0. The molecule has 0 fully saturated rings. The van der Waals surface area contributed by atoms with Gasteiger partial charge in [0.15, 0.2) is 5.84 Å². The molecule has 0 spiro atoms. The lowest BCUT2D eigenvalue weighted by atomic mass is 10.2. The van der Waals surface area contributed by atoms with Gasteiger partial charge in [0, 0.05) is 14.3 Å². The Hall–Kier alpha value is -3.03. The highest BCUT2D eigenvalue weighted by Crippen LogP contribution is 2.35. The van der Waals surface area contributed by atoms with Gasteiger partial charge >= 0.3 is 0 Å². The number of hydrazone groups is 1. The number of aliphatic imine (C=N–C) groups is 1. The zero-order chi connectivity index (χ0) is 21.8. The van der Waals surface area contributed by atoms with Crippen LogP contribution < -0.4 is 5.43 Å². The SMILES string of the molecule is Cc1cc(Br)c(N=C(NN=Cc2ccc(O)cc2)c2ccc3ccccc3n2)c(Br)c1. The van der Waals surface area contributed by atoms with Crippen molar-refractivity contribution in [2.24, 2.45) is 10.1 Å². The van der Waals surface area contributed by atoms with Gasteiger partial charge < -0.3 is 5.11 Å². The zero-order valence-corrected chi connectivity index (χ0v) is 19.7. The van der Waals surface area contributed by atoms with Gasteiger partial charge in [0.1, 0.15) is 11.4 Å². The van der Waals surface area contributed by atoms with Gasteiger partial charge in [0.05, 0.1) is 17.4 Å². The van der Waals surface area contributed by atoms with Crippen molar-refractivity contribution in [2.75, 3.05) is 0 Å². The molecule has 0 bridgehead atoms. The number of amidine groups is 1. The Labute approximate surface area is 196 Å². The maximum absolute atomic E-state index is 9.44. The van der Waals surface area contributed by atoms with E-state index in [1.165, 1.54) is 0 Å². The van der Waals surface area contributed by atoms with Gasteiger partial charge in [-0.05, 0) is 98.4 Å². The minimum atomic E-state index is 0.210. The second-order valence-corrected chi connectivity index (χ2v) is 8.60. The van der Waals surface area contributed by atoms with Crippen LogP contribution >= 0.6 is 31.9 Å². The number of nitrogens with one attached hydrogen (secondary N) is 1. The molecule has 0 saturated carbocycles. The van der Waals surface area contributed by atoms with Crippen molar-refractivity contribution in [3.8, 4) is 5.75 Å². The smallest absolute Gasteiger partial charge is 0.173 e. The average Bonchev–Trinajstić information content (AvgIpc) is 2.76. The number of halogens is 2. The number of hydrogen-bond donors (Lipinski definition) is 2. The summed E-state index contributed by atoms with van der Waals surface area (Å²) in [6.07, 6.45) is 1.66. The Kier molecular flexibility index (Phi) is 6.44. The molecular formula is C24H18Br2N4O. The van der Waals surface area contributed by atoms with Crippen LogP contribution in [-0.4, -0.2) is 22.1 Å². The van der Waals surface area contributed by atoms with Gasteiger partial charge in [-0.25, -0.2) is 9.98 Å². The molecule has 5 nitrogen and oxygen atoms in total. The third kappa shape index (κ3) is 5.18. The number of pyridine rings is 1. The van der Waals surface area contributed by atoms with E-state index in [4.69, 9.17) is 9.98 Å². The molecule has 0 saturated heterocycles. The fourth-order valence-corrected chi connectivity index (χ4v) is 4.57. The number of phenolic OH excluding ortho intramolecular Hbond substituents is 1. The number of aryl methyl sites for hydroxylation is 1. The van der Waals surface area contributed by atoms with Crippen LogP contribution in [0, 0.1) is 6.92 Å². The standard InChI is InChI=1S/C24H18Br2N4O/c1-15-12-19(25)23(20(26)13-15)29-24(30-27-14-16-6-9-18(31)10-7-16)22-11-8-17-4-2-3-5-21(17)28-22/h2-14,31H,1H3,(H,29,30). The molecule has 2 N–H and O–H groups in total. The van der Waals surface area contributed by atoms with E-state index in [0.29, 0.717) is 11.5 Å². The van der Waals surface area contributed by atoms with Crippen LogP contribution in [0.2, 0.25) is 0 Å². The van der Waals surface area contributed by atoms with E-state index in [1.807, 2.05) is 55.5 Å². The topological polar surface area (TPSA) is 69.9 Å².